The molecular formula is C19H26O5. The van der Waals surface area contributed by atoms with Gasteiger partial charge in [-0.25, -0.2) is 9.59 Å². The summed E-state index contributed by atoms with van der Waals surface area (Å²) in [6, 6.07) is 6.59. The van der Waals surface area contributed by atoms with Crippen molar-refractivity contribution in [2.45, 2.75) is 51.6 Å². The summed E-state index contributed by atoms with van der Waals surface area (Å²) in [5.41, 5.74) is 0.497. The first-order valence-electron chi connectivity index (χ1n) is 8.77. The fourth-order valence-corrected chi connectivity index (χ4v) is 2.37. The molecule has 1 atom stereocenters. The number of unbranched alkanes of at least 4 members (excludes halogenated alkanes) is 5. The van der Waals surface area contributed by atoms with Crippen LogP contribution in [0.2, 0.25) is 0 Å². The molecule has 2 rings (SSSR count). The van der Waals surface area contributed by atoms with E-state index in [1.165, 1.54) is 19.3 Å². The molecule has 132 valence electrons. The molecule has 1 fully saturated rings. The third kappa shape index (κ3) is 6.32. The van der Waals surface area contributed by atoms with Crippen LogP contribution in [0.1, 0.15) is 66.2 Å². The van der Waals surface area contributed by atoms with E-state index in [1.54, 1.807) is 24.3 Å². The Morgan fingerprint density at radius 3 is 2.21 bits per heavy atom. The van der Waals surface area contributed by atoms with E-state index in [0.717, 1.165) is 19.3 Å². The van der Waals surface area contributed by atoms with Crippen molar-refractivity contribution >= 4 is 11.9 Å². The molecule has 1 unspecified atom stereocenters. The molecule has 1 aliphatic heterocycles. The Kier molecular flexibility index (Phi) is 7.75. The number of esters is 2. The van der Waals surface area contributed by atoms with Crippen LogP contribution in [-0.4, -0.2) is 37.9 Å². The smallest absolute Gasteiger partial charge is 0.339 e. The first kappa shape index (κ1) is 18.5. The molecule has 0 amide bonds. The van der Waals surface area contributed by atoms with Crippen molar-refractivity contribution in [2.75, 3.05) is 19.8 Å². The second-order valence-corrected chi connectivity index (χ2v) is 6.00. The van der Waals surface area contributed by atoms with Crippen molar-refractivity contribution in [1.82, 2.24) is 0 Å². The molecule has 1 heterocycles. The van der Waals surface area contributed by atoms with Crippen molar-refractivity contribution in [3.8, 4) is 0 Å². The van der Waals surface area contributed by atoms with Gasteiger partial charge in [0.05, 0.1) is 24.3 Å². The van der Waals surface area contributed by atoms with Gasteiger partial charge in [-0.3, -0.25) is 0 Å². The van der Waals surface area contributed by atoms with Gasteiger partial charge in [0, 0.05) is 0 Å². The SMILES string of the molecule is CCCCCCCCOC(=O)c1ccccc1C(=O)OCC1CO1. The number of ether oxygens (including phenoxy) is 3. The minimum atomic E-state index is -0.516. The highest BCUT2D eigenvalue weighted by Gasteiger charge is 2.26. The largest absolute Gasteiger partial charge is 0.462 e. The number of hydrogen-bond acceptors (Lipinski definition) is 5. The van der Waals surface area contributed by atoms with Crippen LogP contribution < -0.4 is 0 Å². The van der Waals surface area contributed by atoms with Crippen LogP contribution in [0.4, 0.5) is 0 Å². The van der Waals surface area contributed by atoms with E-state index in [1.807, 2.05) is 0 Å². The molecule has 1 saturated heterocycles. The van der Waals surface area contributed by atoms with Crippen LogP contribution in [0.25, 0.3) is 0 Å². The quantitative estimate of drug-likeness (QED) is 0.350. The summed E-state index contributed by atoms with van der Waals surface area (Å²) >= 11 is 0. The average molecular weight is 334 g/mol. The predicted octanol–water partition coefficient (Wildman–Crippen LogP) is 3.76. The maximum atomic E-state index is 12.2. The molecule has 0 N–H and O–H groups in total. The molecule has 5 nitrogen and oxygen atoms in total. The Morgan fingerprint density at radius 2 is 1.58 bits per heavy atom. The number of rotatable bonds is 11. The number of carbonyl (C=O) groups is 2. The van der Waals surface area contributed by atoms with Crippen molar-refractivity contribution < 1.29 is 23.8 Å². The summed E-state index contributed by atoms with van der Waals surface area (Å²) in [5, 5.41) is 0. The van der Waals surface area contributed by atoms with Crippen molar-refractivity contribution in [2.24, 2.45) is 0 Å². The Balaban J connectivity index is 1.77. The highest BCUT2D eigenvalue weighted by Crippen LogP contribution is 2.15. The topological polar surface area (TPSA) is 65.1 Å². The van der Waals surface area contributed by atoms with Gasteiger partial charge in [-0.1, -0.05) is 51.2 Å². The van der Waals surface area contributed by atoms with Gasteiger partial charge in [-0.15, -0.1) is 0 Å². The van der Waals surface area contributed by atoms with Crippen LogP contribution in [0.5, 0.6) is 0 Å². The summed E-state index contributed by atoms with van der Waals surface area (Å²) < 4.78 is 15.4. The third-order valence-electron chi connectivity index (χ3n) is 3.90. The lowest BCUT2D eigenvalue weighted by molar-refractivity contribution is 0.0439. The molecule has 0 bridgehead atoms. The second-order valence-electron chi connectivity index (χ2n) is 6.00. The maximum absolute atomic E-state index is 12.2. The average Bonchev–Trinajstić information content (AvgIpc) is 3.43. The van der Waals surface area contributed by atoms with Gasteiger partial charge in [0.25, 0.3) is 0 Å². The summed E-state index contributed by atoms with van der Waals surface area (Å²) in [6.45, 7) is 3.40. The van der Waals surface area contributed by atoms with Crippen LogP contribution in [-0.2, 0) is 14.2 Å². The van der Waals surface area contributed by atoms with E-state index in [-0.39, 0.29) is 23.8 Å². The number of carbonyl (C=O) groups excluding carboxylic acids is 2. The fraction of sp³-hybridized carbons (Fsp3) is 0.579. The van der Waals surface area contributed by atoms with Crippen molar-refractivity contribution in [1.29, 1.82) is 0 Å². The fourth-order valence-electron chi connectivity index (χ4n) is 2.37. The molecule has 0 saturated carbocycles. The lowest BCUT2D eigenvalue weighted by Crippen LogP contribution is -2.16. The monoisotopic (exact) mass is 334 g/mol. The molecule has 24 heavy (non-hydrogen) atoms. The molecule has 5 heteroatoms. The lowest BCUT2D eigenvalue weighted by atomic mass is 10.1. The van der Waals surface area contributed by atoms with Gasteiger partial charge in [0.15, 0.2) is 0 Å². The van der Waals surface area contributed by atoms with Gasteiger partial charge in [-0.05, 0) is 18.6 Å². The van der Waals surface area contributed by atoms with Gasteiger partial charge in [-0.2, -0.15) is 0 Å². The Bertz CT molecular complexity index is 536. The standard InChI is InChI=1S/C19H26O5/c1-2-3-4-5-6-9-12-22-18(20)16-10-7-8-11-17(16)19(21)24-14-15-13-23-15/h7-8,10-11,15H,2-6,9,12-14H2,1H3. The van der Waals surface area contributed by atoms with Crippen molar-refractivity contribution in [3.63, 3.8) is 0 Å². The van der Waals surface area contributed by atoms with Crippen LogP contribution in [0, 0.1) is 0 Å². The van der Waals surface area contributed by atoms with Crippen LogP contribution in [0.3, 0.4) is 0 Å². The minimum Gasteiger partial charge on any atom is -0.462 e. The highest BCUT2D eigenvalue weighted by atomic mass is 16.6. The minimum absolute atomic E-state index is 0.000715. The zero-order chi connectivity index (χ0) is 17.2. The number of benzene rings is 1. The van der Waals surface area contributed by atoms with Gasteiger partial charge in [0.1, 0.15) is 12.7 Å². The van der Waals surface area contributed by atoms with E-state index in [9.17, 15) is 9.59 Å². The molecule has 0 spiro atoms. The Morgan fingerprint density at radius 1 is 1.00 bits per heavy atom. The Labute approximate surface area is 143 Å². The Hall–Kier alpha value is -1.88. The predicted molar refractivity (Wildman–Crippen MR) is 90.1 cm³/mol. The zero-order valence-electron chi connectivity index (χ0n) is 14.3. The van der Waals surface area contributed by atoms with Gasteiger partial charge >= 0.3 is 11.9 Å². The van der Waals surface area contributed by atoms with E-state index in [4.69, 9.17) is 14.2 Å². The summed E-state index contributed by atoms with van der Waals surface area (Å²) in [4.78, 5) is 24.3. The number of epoxide rings is 1. The summed E-state index contributed by atoms with van der Waals surface area (Å²) in [6.07, 6.45) is 6.76. The van der Waals surface area contributed by atoms with Gasteiger partial charge < -0.3 is 14.2 Å². The first-order valence-corrected chi connectivity index (χ1v) is 8.77. The molecule has 1 aromatic carbocycles. The molecule has 0 aliphatic carbocycles. The highest BCUT2D eigenvalue weighted by molar-refractivity contribution is 6.03. The van der Waals surface area contributed by atoms with Crippen LogP contribution >= 0.6 is 0 Å². The lowest BCUT2D eigenvalue weighted by Gasteiger charge is -2.09. The first-order chi connectivity index (χ1) is 11.7. The number of hydrogen-bond donors (Lipinski definition) is 0. The third-order valence-corrected chi connectivity index (χ3v) is 3.90. The zero-order valence-corrected chi connectivity index (χ0v) is 14.3. The molecule has 1 aromatic rings. The summed E-state index contributed by atoms with van der Waals surface area (Å²) in [7, 11) is 0. The molecule has 0 aromatic heterocycles. The van der Waals surface area contributed by atoms with E-state index >= 15 is 0 Å². The van der Waals surface area contributed by atoms with Crippen molar-refractivity contribution in [3.05, 3.63) is 35.4 Å². The van der Waals surface area contributed by atoms with E-state index < -0.39 is 11.9 Å². The van der Waals surface area contributed by atoms with Gasteiger partial charge in [0.2, 0.25) is 0 Å². The van der Waals surface area contributed by atoms with E-state index in [2.05, 4.69) is 6.92 Å². The second kappa shape index (κ2) is 10.1. The summed E-state index contributed by atoms with van der Waals surface area (Å²) in [5.74, 6) is -0.989. The molecule has 1 aliphatic rings. The molecule has 0 radical (unpaired) electrons. The van der Waals surface area contributed by atoms with E-state index in [0.29, 0.717) is 13.2 Å². The normalized spacial score (nSPS) is 15.8. The van der Waals surface area contributed by atoms with Crippen LogP contribution in [0.15, 0.2) is 24.3 Å². The molecular weight excluding hydrogens is 308 g/mol. The maximum Gasteiger partial charge on any atom is 0.339 e.